The Morgan fingerprint density at radius 1 is 0.375 bits per heavy atom. The van der Waals surface area contributed by atoms with Crippen molar-refractivity contribution >= 4 is 71.3 Å². The van der Waals surface area contributed by atoms with Gasteiger partial charge in [0, 0.05) is 32.8 Å². The van der Waals surface area contributed by atoms with Crippen LogP contribution in [0, 0.1) is 0 Å². The first kappa shape index (κ1) is 32.0. The lowest BCUT2D eigenvalue weighted by molar-refractivity contribution is 0.623. The van der Waals surface area contributed by atoms with Crippen molar-refractivity contribution < 1.29 is 4.42 Å². The van der Waals surface area contributed by atoms with Crippen LogP contribution in [0.1, 0.15) is 0 Å². The SMILES string of the molecule is c1ccc(-c2cccc(N(c3ccc(-c4ccccc4)c4ccccc34)c3cc4ccc5ccc6nc(-c7ccccc7)oc6c5c4c4ccccc34)c2)cc1. The number of hydrogen-bond donors (Lipinski definition) is 0. The minimum atomic E-state index is 0.626. The van der Waals surface area contributed by atoms with Crippen molar-refractivity contribution in [2.45, 2.75) is 0 Å². The molecule has 0 saturated heterocycles. The Bertz CT molecular complexity index is 3240. The van der Waals surface area contributed by atoms with Gasteiger partial charge in [0.25, 0.3) is 0 Å². The van der Waals surface area contributed by atoms with E-state index in [4.69, 9.17) is 9.40 Å². The number of aromatic nitrogens is 1. The van der Waals surface area contributed by atoms with Crippen molar-refractivity contribution in [2.24, 2.45) is 0 Å². The predicted octanol–water partition coefficient (Wildman–Crippen LogP) is 14.9. The van der Waals surface area contributed by atoms with Crippen molar-refractivity contribution in [3.05, 3.63) is 206 Å². The lowest BCUT2D eigenvalue weighted by Gasteiger charge is -2.30. The molecule has 0 saturated carbocycles. The second kappa shape index (κ2) is 13.1. The fraction of sp³-hybridized carbons (Fsp3) is 0. The van der Waals surface area contributed by atoms with E-state index in [9.17, 15) is 0 Å². The summed E-state index contributed by atoms with van der Waals surface area (Å²) in [6, 6.07) is 73.6. The fourth-order valence-electron chi connectivity index (χ4n) is 8.47. The molecule has 10 aromatic carbocycles. The molecule has 56 heavy (non-hydrogen) atoms. The van der Waals surface area contributed by atoms with E-state index < -0.39 is 0 Å². The zero-order valence-electron chi connectivity index (χ0n) is 30.4. The van der Waals surface area contributed by atoms with Gasteiger partial charge in [-0.15, -0.1) is 0 Å². The number of fused-ring (bicyclic) bond motifs is 8. The maximum Gasteiger partial charge on any atom is 0.227 e. The molecule has 3 heteroatoms. The molecule has 0 fully saturated rings. The van der Waals surface area contributed by atoms with E-state index in [1.165, 1.54) is 27.5 Å². The highest BCUT2D eigenvalue weighted by Gasteiger charge is 2.23. The van der Waals surface area contributed by atoms with Crippen molar-refractivity contribution in [2.75, 3.05) is 4.90 Å². The van der Waals surface area contributed by atoms with E-state index in [1.54, 1.807) is 0 Å². The lowest BCUT2D eigenvalue weighted by atomic mass is 9.93. The Hall–Kier alpha value is -7.49. The van der Waals surface area contributed by atoms with Crippen LogP contribution >= 0.6 is 0 Å². The first-order valence-corrected chi connectivity index (χ1v) is 19.0. The molecule has 0 aliphatic rings. The molecule has 0 amide bonds. The number of hydrogen-bond acceptors (Lipinski definition) is 3. The Labute approximate surface area is 324 Å². The molecule has 0 spiro atoms. The Morgan fingerprint density at radius 2 is 0.964 bits per heavy atom. The molecule has 3 nitrogen and oxygen atoms in total. The van der Waals surface area contributed by atoms with Crippen LogP contribution in [0.2, 0.25) is 0 Å². The normalized spacial score (nSPS) is 11.6. The summed E-state index contributed by atoms with van der Waals surface area (Å²) >= 11 is 0. The van der Waals surface area contributed by atoms with Crippen molar-refractivity contribution in [3.8, 4) is 33.7 Å². The quantitative estimate of drug-likeness (QED) is 0.161. The average molecular weight is 715 g/mol. The summed E-state index contributed by atoms with van der Waals surface area (Å²) in [7, 11) is 0. The monoisotopic (exact) mass is 714 g/mol. The van der Waals surface area contributed by atoms with Gasteiger partial charge in [-0.2, -0.15) is 0 Å². The van der Waals surface area contributed by atoms with E-state index >= 15 is 0 Å². The Kier molecular flexibility index (Phi) is 7.49. The van der Waals surface area contributed by atoms with E-state index in [0.29, 0.717) is 5.89 Å². The van der Waals surface area contributed by atoms with Crippen LogP contribution < -0.4 is 4.90 Å². The minimum Gasteiger partial charge on any atom is -0.435 e. The van der Waals surface area contributed by atoms with Gasteiger partial charge in [-0.25, -0.2) is 4.98 Å². The first-order chi connectivity index (χ1) is 27.8. The van der Waals surface area contributed by atoms with Gasteiger partial charge in [-0.3, -0.25) is 0 Å². The van der Waals surface area contributed by atoms with Crippen LogP contribution in [0.3, 0.4) is 0 Å². The molecule has 1 heterocycles. The van der Waals surface area contributed by atoms with Gasteiger partial charge < -0.3 is 9.32 Å². The molecule has 0 aliphatic carbocycles. The van der Waals surface area contributed by atoms with Crippen molar-refractivity contribution in [1.29, 1.82) is 0 Å². The third kappa shape index (κ3) is 5.25. The predicted molar refractivity (Wildman–Crippen MR) is 235 cm³/mol. The molecule has 0 aliphatic heterocycles. The highest BCUT2D eigenvalue weighted by Crippen LogP contribution is 2.48. The third-order valence-electron chi connectivity index (χ3n) is 11.0. The Balaban J connectivity index is 1.21. The maximum absolute atomic E-state index is 6.67. The summed E-state index contributed by atoms with van der Waals surface area (Å²) < 4.78 is 6.67. The third-order valence-corrected chi connectivity index (χ3v) is 11.0. The Morgan fingerprint density at radius 3 is 1.71 bits per heavy atom. The molecule has 1 aromatic heterocycles. The largest absolute Gasteiger partial charge is 0.435 e. The summed E-state index contributed by atoms with van der Waals surface area (Å²) in [5.41, 5.74) is 10.7. The van der Waals surface area contributed by atoms with E-state index in [2.05, 4.69) is 181 Å². The first-order valence-electron chi connectivity index (χ1n) is 19.0. The number of nitrogens with zero attached hydrogens (tertiary/aromatic N) is 2. The molecule has 11 aromatic rings. The zero-order valence-corrected chi connectivity index (χ0v) is 30.4. The van der Waals surface area contributed by atoms with Crippen LogP contribution in [0.15, 0.2) is 211 Å². The van der Waals surface area contributed by atoms with Crippen LogP contribution in [-0.2, 0) is 0 Å². The number of anilines is 3. The highest BCUT2D eigenvalue weighted by atomic mass is 16.3. The molecule has 0 N–H and O–H groups in total. The van der Waals surface area contributed by atoms with Crippen LogP contribution in [-0.4, -0.2) is 4.98 Å². The molecule has 11 rings (SSSR count). The number of rotatable bonds is 6. The van der Waals surface area contributed by atoms with E-state index in [0.717, 1.165) is 71.6 Å². The van der Waals surface area contributed by atoms with Gasteiger partial charge in [-0.05, 0) is 86.3 Å². The molecule has 0 atom stereocenters. The van der Waals surface area contributed by atoms with Gasteiger partial charge in [0.2, 0.25) is 5.89 Å². The molecular formula is C53H34N2O. The standard InChI is InChI=1S/C53H34N2O/c1-4-15-35(16-5-1)39-21-14-22-41(33-39)55(48-32-30-42(36-17-6-2-7-18-36)43-23-10-11-24-44(43)48)49-34-40-28-27-37-29-31-47-52(56-53(54-47)38-19-8-3-9-20-38)51(37)50(40)46-26-13-12-25-45(46)49/h1-34H. The number of benzene rings is 10. The van der Waals surface area contributed by atoms with Gasteiger partial charge in [0.15, 0.2) is 5.58 Å². The average Bonchev–Trinajstić information content (AvgIpc) is 3.72. The van der Waals surface area contributed by atoms with E-state index in [-0.39, 0.29) is 0 Å². The maximum atomic E-state index is 6.67. The molecular weight excluding hydrogens is 681 g/mol. The summed E-state index contributed by atoms with van der Waals surface area (Å²) in [6.07, 6.45) is 0. The summed E-state index contributed by atoms with van der Waals surface area (Å²) in [5, 5.41) is 9.17. The molecule has 0 bridgehead atoms. The molecule has 0 radical (unpaired) electrons. The van der Waals surface area contributed by atoms with Gasteiger partial charge >= 0.3 is 0 Å². The second-order valence-electron chi connectivity index (χ2n) is 14.3. The lowest BCUT2D eigenvalue weighted by Crippen LogP contribution is -2.11. The fourth-order valence-corrected chi connectivity index (χ4v) is 8.47. The van der Waals surface area contributed by atoms with Crippen LogP contribution in [0.25, 0.3) is 87.9 Å². The number of oxazole rings is 1. The minimum absolute atomic E-state index is 0.626. The van der Waals surface area contributed by atoms with Crippen LogP contribution in [0.4, 0.5) is 17.1 Å². The summed E-state index contributed by atoms with van der Waals surface area (Å²) in [4.78, 5) is 7.42. The summed E-state index contributed by atoms with van der Waals surface area (Å²) in [5.74, 6) is 0.626. The zero-order chi connectivity index (χ0) is 37.0. The van der Waals surface area contributed by atoms with Gasteiger partial charge in [-0.1, -0.05) is 164 Å². The smallest absolute Gasteiger partial charge is 0.227 e. The molecule has 0 unspecified atom stereocenters. The van der Waals surface area contributed by atoms with Crippen molar-refractivity contribution in [3.63, 3.8) is 0 Å². The molecule has 262 valence electrons. The topological polar surface area (TPSA) is 29.3 Å². The van der Waals surface area contributed by atoms with E-state index in [1.807, 2.05) is 30.3 Å². The van der Waals surface area contributed by atoms with Crippen LogP contribution in [0.5, 0.6) is 0 Å². The van der Waals surface area contributed by atoms with Gasteiger partial charge in [0.05, 0.1) is 11.4 Å². The van der Waals surface area contributed by atoms with Gasteiger partial charge in [0.1, 0.15) is 5.52 Å². The highest BCUT2D eigenvalue weighted by molar-refractivity contribution is 6.28. The summed E-state index contributed by atoms with van der Waals surface area (Å²) in [6.45, 7) is 0. The van der Waals surface area contributed by atoms with Crippen molar-refractivity contribution in [1.82, 2.24) is 4.98 Å². The second-order valence-corrected chi connectivity index (χ2v) is 14.3.